The van der Waals surface area contributed by atoms with E-state index in [0.717, 1.165) is 5.56 Å². The van der Waals surface area contributed by atoms with Crippen LogP contribution >= 0.6 is 0 Å². The van der Waals surface area contributed by atoms with Crippen molar-refractivity contribution in [1.29, 1.82) is 0 Å². The van der Waals surface area contributed by atoms with Crippen LogP contribution in [0.15, 0.2) is 30.3 Å². The first kappa shape index (κ1) is 15.0. The van der Waals surface area contributed by atoms with Crippen molar-refractivity contribution in [3.05, 3.63) is 35.9 Å². The number of carboxylic acid groups (broad SMARTS) is 1. The number of carbonyl (C=O) groups is 2. The van der Waals surface area contributed by atoms with Gasteiger partial charge in [0, 0.05) is 20.1 Å². The van der Waals surface area contributed by atoms with Crippen molar-refractivity contribution < 1.29 is 24.2 Å². The topological polar surface area (TPSA) is 84.9 Å². The molecule has 19 heavy (non-hydrogen) atoms. The van der Waals surface area contributed by atoms with Crippen molar-refractivity contribution >= 4 is 12.1 Å². The van der Waals surface area contributed by atoms with Gasteiger partial charge in [0.2, 0.25) is 0 Å². The third kappa shape index (κ3) is 5.87. The molecule has 0 saturated carbocycles. The van der Waals surface area contributed by atoms with Crippen LogP contribution in [0.1, 0.15) is 12.0 Å². The molecule has 1 rings (SSSR count). The van der Waals surface area contributed by atoms with Crippen molar-refractivity contribution in [3.63, 3.8) is 0 Å². The Morgan fingerprint density at radius 2 is 2.00 bits per heavy atom. The van der Waals surface area contributed by atoms with Gasteiger partial charge in [0.1, 0.15) is 6.61 Å². The van der Waals surface area contributed by atoms with E-state index in [1.165, 1.54) is 7.11 Å². The molecule has 0 heterocycles. The first-order valence-corrected chi connectivity index (χ1v) is 5.83. The maximum atomic E-state index is 11.3. The fourth-order valence-corrected chi connectivity index (χ4v) is 1.42. The molecule has 0 unspecified atom stereocenters. The Kier molecular flexibility index (Phi) is 6.38. The van der Waals surface area contributed by atoms with Gasteiger partial charge in [0.15, 0.2) is 6.10 Å². The second-order valence-corrected chi connectivity index (χ2v) is 3.84. The minimum atomic E-state index is -1.05. The van der Waals surface area contributed by atoms with Crippen LogP contribution in [0.3, 0.4) is 0 Å². The second-order valence-electron chi connectivity index (χ2n) is 3.84. The highest BCUT2D eigenvalue weighted by Crippen LogP contribution is 2.01. The van der Waals surface area contributed by atoms with E-state index < -0.39 is 18.2 Å². The summed E-state index contributed by atoms with van der Waals surface area (Å²) in [5.74, 6) is -1.05. The predicted molar refractivity (Wildman–Crippen MR) is 67.7 cm³/mol. The van der Waals surface area contributed by atoms with E-state index in [2.05, 4.69) is 5.32 Å². The minimum Gasteiger partial charge on any atom is -0.479 e. The lowest BCUT2D eigenvalue weighted by atomic mass is 10.2. The summed E-state index contributed by atoms with van der Waals surface area (Å²) in [4.78, 5) is 22.0. The number of aliphatic carboxylic acids is 1. The van der Waals surface area contributed by atoms with Crippen LogP contribution in [0.5, 0.6) is 0 Å². The van der Waals surface area contributed by atoms with E-state index >= 15 is 0 Å². The van der Waals surface area contributed by atoms with Gasteiger partial charge < -0.3 is 19.9 Å². The summed E-state index contributed by atoms with van der Waals surface area (Å²) in [6, 6.07) is 9.27. The molecule has 6 heteroatoms. The third-order valence-electron chi connectivity index (χ3n) is 2.45. The molecule has 1 atom stereocenters. The molecule has 0 radical (unpaired) electrons. The highest BCUT2D eigenvalue weighted by Gasteiger charge is 2.16. The molecule has 0 bridgehead atoms. The number of methoxy groups -OCH3 is 1. The number of hydrogen-bond acceptors (Lipinski definition) is 4. The summed E-state index contributed by atoms with van der Waals surface area (Å²) in [5.41, 5.74) is 0.887. The number of benzene rings is 1. The van der Waals surface area contributed by atoms with Crippen LogP contribution in [-0.2, 0) is 20.9 Å². The Labute approximate surface area is 111 Å². The third-order valence-corrected chi connectivity index (χ3v) is 2.45. The molecule has 2 N–H and O–H groups in total. The first-order chi connectivity index (χ1) is 9.13. The number of nitrogens with one attached hydrogen (secondary N) is 1. The van der Waals surface area contributed by atoms with Crippen LogP contribution in [0.2, 0.25) is 0 Å². The second kappa shape index (κ2) is 8.10. The SMILES string of the molecule is CO[C@H](CCNC(=O)OCc1ccccc1)C(=O)O. The molecule has 0 aliphatic carbocycles. The van der Waals surface area contributed by atoms with Crippen molar-refractivity contribution in [2.75, 3.05) is 13.7 Å². The van der Waals surface area contributed by atoms with E-state index in [9.17, 15) is 9.59 Å². The molecule has 0 aliphatic rings. The lowest BCUT2D eigenvalue weighted by Crippen LogP contribution is -2.31. The van der Waals surface area contributed by atoms with Crippen molar-refractivity contribution in [2.24, 2.45) is 0 Å². The molecule has 0 saturated heterocycles. The van der Waals surface area contributed by atoms with Gasteiger partial charge in [-0.1, -0.05) is 30.3 Å². The molecule has 1 amide bonds. The molecule has 0 fully saturated rings. The number of amides is 1. The van der Waals surface area contributed by atoms with Gasteiger partial charge >= 0.3 is 12.1 Å². The van der Waals surface area contributed by atoms with Gasteiger partial charge in [0.05, 0.1) is 0 Å². The van der Waals surface area contributed by atoms with Gasteiger partial charge in [-0.05, 0) is 5.56 Å². The highest BCUT2D eigenvalue weighted by atomic mass is 16.5. The van der Waals surface area contributed by atoms with Crippen molar-refractivity contribution in [2.45, 2.75) is 19.1 Å². The van der Waals surface area contributed by atoms with E-state index in [1.807, 2.05) is 30.3 Å². The Morgan fingerprint density at radius 3 is 2.58 bits per heavy atom. The molecule has 6 nitrogen and oxygen atoms in total. The van der Waals surface area contributed by atoms with E-state index in [0.29, 0.717) is 0 Å². The molecule has 0 spiro atoms. The zero-order valence-corrected chi connectivity index (χ0v) is 10.7. The minimum absolute atomic E-state index is 0.179. The lowest BCUT2D eigenvalue weighted by Gasteiger charge is -2.11. The van der Waals surface area contributed by atoms with Crippen molar-refractivity contribution in [1.82, 2.24) is 5.32 Å². The quantitative estimate of drug-likeness (QED) is 0.780. The first-order valence-electron chi connectivity index (χ1n) is 5.83. The largest absolute Gasteiger partial charge is 0.479 e. The van der Waals surface area contributed by atoms with E-state index in [-0.39, 0.29) is 19.6 Å². The van der Waals surface area contributed by atoms with Crippen LogP contribution in [0.4, 0.5) is 4.79 Å². The number of rotatable bonds is 7. The van der Waals surface area contributed by atoms with Crippen LogP contribution in [0, 0.1) is 0 Å². The summed E-state index contributed by atoms with van der Waals surface area (Å²) in [6.45, 7) is 0.359. The molecule has 0 aliphatic heterocycles. The molecule has 104 valence electrons. The number of carboxylic acids is 1. The average molecular weight is 267 g/mol. The van der Waals surface area contributed by atoms with Gasteiger partial charge in [0.25, 0.3) is 0 Å². The number of hydrogen-bond donors (Lipinski definition) is 2. The monoisotopic (exact) mass is 267 g/mol. The van der Waals surface area contributed by atoms with E-state index in [4.69, 9.17) is 14.6 Å². The van der Waals surface area contributed by atoms with Gasteiger partial charge in [-0.15, -0.1) is 0 Å². The Morgan fingerprint density at radius 1 is 1.32 bits per heavy atom. The molecule has 0 aromatic heterocycles. The zero-order valence-electron chi connectivity index (χ0n) is 10.7. The normalized spacial score (nSPS) is 11.6. The summed E-state index contributed by atoms with van der Waals surface area (Å²) in [6.07, 6.45) is -1.31. The molecule has 1 aromatic rings. The number of carbonyl (C=O) groups excluding carboxylic acids is 1. The van der Waals surface area contributed by atoms with Gasteiger partial charge in [-0.2, -0.15) is 0 Å². The zero-order chi connectivity index (χ0) is 14.1. The summed E-state index contributed by atoms with van der Waals surface area (Å²) < 4.78 is 9.70. The lowest BCUT2D eigenvalue weighted by molar-refractivity contribution is -0.148. The fourth-order valence-electron chi connectivity index (χ4n) is 1.42. The molecule has 1 aromatic carbocycles. The maximum Gasteiger partial charge on any atom is 0.407 e. The average Bonchev–Trinajstić information content (AvgIpc) is 2.42. The molecular weight excluding hydrogens is 250 g/mol. The van der Waals surface area contributed by atoms with Crippen molar-refractivity contribution in [3.8, 4) is 0 Å². The van der Waals surface area contributed by atoms with Crippen LogP contribution < -0.4 is 5.32 Å². The van der Waals surface area contributed by atoms with Crippen LogP contribution in [0.25, 0.3) is 0 Å². The fraction of sp³-hybridized carbons (Fsp3) is 0.385. The Hall–Kier alpha value is -2.08. The summed E-state index contributed by atoms with van der Waals surface area (Å²) in [5, 5.41) is 11.2. The number of alkyl carbamates (subject to hydrolysis) is 1. The van der Waals surface area contributed by atoms with Gasteiger partial charge in [-0.3, -0.25) is 0 Å². The highest BCUT2D eigenvalue weighted by molar-refractivity contribution is 5.72. The standard InChI is InChI=1S/C13H17NO5/c1-18-11(12(15)16)7-8-14-13(17)19-9-10-5-3-2-4-6-10/h2-6,11H,7-9H2,1H3,(H,14,17)(H,15,16)/t11-/m1/s1. The smallest absolute Gasteiger partial charge is 0.407 e. The van der Waals surface area contributed by atoms with E-state index in [1.54, 1.807) is 0 Å². The molecular formula is C13H17NO5. The number of ether oxygens (including phenoxy) is 2. The summed E-state index contributed by atoms with van der Waals surface area (Å²) in [7, 11) is 1.31. The predicted octanol–water partition coefficient (Wildman–Crippen LogP) is 1.40. The van der Waals surface area contributed by atoms with Crippen LogP contribution in [-0.4, -0.2) is 36.9 Å². The maximum absolute atomic E-state index is 11.3. The Balaban J connectivity index is 2.20. The summed E-state index contributed by atoms with van der Waals surface area (Å²) >= 11 is 0. The Bertz CT molecular complexity index is 407. The van der Waals surface area contributed by atoms with Gasteiger partial charge in [-0.25, -0.2) is 9.59 Å².